The van der Waals surface area contributed by atoms with Crippen LogP contribution in [0.15, 0.2) is 0 Å². The molecule has 0 aromatic heterocycles. The Labute approximate surface area is 89.6 Å². The molecule has 6 heteroatoms. The number of ether oxygens (including phenoxy) is 1. The van der Waals surface area contributed by atoms with Crippen molar-refractivity contribution in [1.82, 2.24) is 4.90 Å². The molecule has 1 unspecified atom stereocenters. The van der Waals surface area contributed by atoms with Crippen LogP contribution in [0.1, 0.15) is 13.3 Å². The third-order valence-corrected chi connectivity index (χ3v) is 2.59. The number of carbonyl (C=O) groups excluding carboxylic acids is 1. The van der Waals surface area contributed by atoms with Crippen LogP contribution in [0.3, 0.4) is 0 Å². The second-order valence-electron chi connectivity index (χ2n) is 3.70. The van der Waals surface area contributed by atoms with E-state index in [-0.39, 0.29) is 37.6 Å². The zero-order valence-electron chi connectivity index (χ0n) is 8.89. The molecule has 0 aromatic carbocycles. The van der Waals surface area contributed by atoms with Gasteiger partial charge in [0.1, 0.15) is 0 Å². The molecule has 1 rings (SSSR count). The van der Waals surface area contributed by atoms with E-state index >= 15 is 0 Å². The van der Waals surface area contributed by atoms with E-state index in [1.807, 2.05) is 4.90 Å². The molecule has 0 radical (unpaired) electrons. The summed E-state index contributed by atoms with van der Waals surface area (Å²) in [5.41, 5.74) is 0. The number of Topliss-reactive ketones (excluding diaryl/α,β-unsaturated/α-hetero) is 1. The summed E-state index contributed by atoms with van der Waals surface area (Å²) in [6.45, 7) is 2.37. The van der Waals surface area contributed by atoms with Gasteiger partial charge in [-0.15, -0.1) is 0 Å². The van der Waals surface area contributed by atoms with Crippen molar-refractivity contribution in [1.29, 1.82) is 0 Å². The zero-order valence-corrected chi connectivity index (χ0v) is 8.89. The first-order valence-corrected chi connectivity index (χ1v) is 5.09. The SMILES string of the molecule is CC(=O)[C@@H]1CC(OCCO)CN1CB=O. The van der Waals surface area contributed by atoms with Crippen molar-refractivity contribution >= 4 is 12.9 Å². The van der Waals surface area contributed by atoms with Gasteiger partial charge in [-0.25, -0.2) is 0 Å². The number of carbonyl (C=O) groups is 1. The average Bonchev–Trinajstić information content (AvgIpc) is 2.59. The van der Waals surface area contributed by atoms with Crippen LogP contribution in [0.25, 0.3) is 0 Å². The van der Waals surface area contributed by atoms with Gasteiger partial charge in [0.25, 0.3) is 0 Å². The summed E-state index contributed by atoms with van der Waals surface area (Å²) < 4.78 is 15.8. The van der Waals surface area contributed by atoms with E-state index in [1.54, 1.807) is 0 Å². The number of likely N-dealkylation sites (tertiary alicyclic amines) is 1. The van der Waals surface area contributed by atoms with Gasteiger partial charge in [-0.05, 0) is 0 Å². The van der Waals surface area contributed by atoms with Crippen LogP contribution in [-0.2, 0) is 14.2 Å². The van der Waals surface area contributed by atoms with Gasteiger partial charge in [-0.1, -0.05) is 0 Å². The van der Waals surface area contributed by atoms with Crippen molar-refractivity contribution in [2.45, 2.75) is 25.5 Å². The molecule has 0 bridgehead atoms. The molecule has 1 heterocycles. The maximum atomic E-state index is 11.3. The second kappa shape index (κ2) is 6.10. The molecule has 2 atom stereocenters. The van der Waals surface area contributed by atoms with Crippen molar-refractivity contribution in [3.8, 4) is 0 Å². The first kappa shape index (κ1) is 12.5. The molecule has 1 aliphatic rings. The summed E-state index contributed by atoms with van der Waals surface area (Å²) in [4.78, 5) is 13.1. The number of hydrogen-bond acceptors (Lipinski definition) is 5. The summed E-state index contributed by atoms with van der Waals surface area (Å²) in [7, 11) is 0.796. The average molecular weight is 213 g/mol. The van der Waals surface area contributed by atoms with Gasteiger partial charge < -0.3 is 0 Å². The number of aliphatic hydroxyl groups excluding tert-OH is 1. The zero-order chi connectivity index (χ0) is 11.3. The van der Waals surface area contributed by atoms with Gasteiger partial charge in [-0.2, -0.15) is 0 Å². The molecular formula is C9H16BNO4. The number of rotatable bonds is 6. The molecule has 0 saturated carbocycles. The van der Waals surface area contributed by atoms with Gasteiger partial charge in [0, 0.05) is 0 Å². The molecule has 1 aliphatic heterocycles. The molecular weight excluding hydrogens is 197 g/mol. The van der Waals surface area contributed by atoms with Crippen LogP contribution in [0.2, 0.25) is 0 Å². The van der Waals surface area contributed by atoms with Crippen LogP contribution in [-0.4, -0.2) is 61.3 Å². The van der Waals surface area contributed by atoms with Crippen molar-refractivity contribution in [3.63, 3.8) is 0 Å². The number of hydrogen-bond donors (Lipinski definition) is 1. The Kier molecular flexibility index (Phi) is 5.07. The predicted octanol–water partition coefficient (Wildman–Crippen LogP) is -0.966. The van der Waals surface area contributed by atoms with E-state index in [4.69, 9.17) is 9.84 Å². The Morgan fingerprint density at radius 3 is 2.93 bits per heavy atom. The fourth-order valence-electron chi connectivity index (χ4n) is 1.92. The van der Waals surface area contributed by atoms with Gasteiger partial charge in [-0.3, -0.25) is 0 Å². The molecule has 15 heavy (non-hydrogen) atoms. The summed E-state index contributed by atoms with van der Waals surface area (Å²) >= 11 is 0. The number of aliphatic hydroxyl groups is 1. The molecule has 1 N–H and O–H groups in total. The summed E-state index contributed by atoms with van der Waals surface area (Å²) in [5.74, 6) is 0.0620. The van der Waals surface area contributed by atoms with Gasteiger partial charge in [0.2, 0.25) is 0 Å². The molecule has 5 nitrogen and oxygen atoms in total. The van der Waals surface area contributed by atoms with Gasteiger partial charge in [0.15, 0.2) is 0 Å². The van der Waals surface area contributed by atoms with E-state index in [2.05, 4.69) is 0 Å². The molecule has 0 aliphatic carbocycles. The normalized spacial score (nSPS) is 26.5. The monoisotopic (exact) mass is 213 g/mol. The summed E-state index contributed by atoms with van der Waals surface area (Å²) in [5, 5.41) is 8.61. The molecule has 0 spiro atoms. The van der Waals surface area contributed by atoms with Crippen molar-refractivity contribution in [3.05, 3.63) is 0 Å². The van der Waals surface area contributed by atoms with Gasteiger partial charge >= 0.3 is 88.9 Å². The van der Waals surface area contributed by atoms with Crippen LogP contribution in [0.5, 0.6) is 0 Å². The Bertz CT molecular complexity index is 236. The Morgan fingerprint density at radius 2 is 2.40 bits per heavy atom. The van der Waals surface area contributed by atoms with E-state index in [9.17, 15) is 9.50 Å². The summed E-state index contributed by atoms with van der Waals surface area (Å²) in [6.07, 6.45) is 0.831. The van der Waals surface area contributed by atoms with E-state index < -0.39 is 0 Å². The Balaban J connectivity index is 2.48. The fraction of sp³-hybridized carbons (Fsp3) is 0.889. The van der Waals surface area contributed by atoms with Crippen molar-refractivity contribution in [2.24, 2.45) is 0 Å². The quantitative estimate of drug-likeness (QED) is 0.575. The van der Waals surface area contributed by atoms with Crippen LogP contribution in [0, 0.1) is 0 Å². The Morgan fingerprint density at radius 1 is 1.67 bits per heavy atom. The topological polar surface area (TPSA) is 66.8 Å². The third-order valence-electron chi connectivity index (χ3n) is 2.59. The van der Waals surface area contributed by atoms with E-state index in [0.29, 0.717) is 13.0 Å². The van der Waals surface area contributed by atoms with Crippen LogP contribution < -0.4 is 0 Å². The fourth-order valence-corrected chi connectivity index (χ4v) is 1.92. The molecule has 84 valence electrons. The van der Waals surface area contributed by atoms with Crippen LogP contribution in [0.4, 0.5) is 0 Å². The number of nitrogens with zero attached hydrogens (tertiary/aromatic N) is 1. The van der Waals surface area contributed by atoms with Crippen molar-refractivity contribution in [2.75, 3.05) is 26.2 Å². The van der Waals surface area contributed by atoms with Crippen molar-refractivity contribution < 1.29 is 19.3 Å². The minimum absolute atomic E-state index is 0.0189. The first-order valence-electron chi connectivity index (χ1n) is 5.09. The standard InChI is InChI=1S/C9H16BNO4/c1-7(13)9-4-8(15-3-2-12)5-11(9)6-10-14/h8-9,12H,2-6H2,1H3/t8?,9-/m0/s1. The first-order chi connectivity index (χ1) is 7.19. The number of ketones is 1. The molecule has 0 aromatic rings. The Hall–Kier alpha value is -0.585. The molecule has 1 fully saturated rings. The van der Waals surface area contributed by atoms with Gasteiger partial charge in [0.05, 0.1) is 0 Å². The summed E-state index contributed by atoms with van der Waals surface area (Å²) in [6, 6.07) is -0.209. The predicted molar refractivity (Wildman–Crippen MR) is 53.9 cm³/mol. The van der Waals surface area contributed by atoms with E-state index in [1.165, 1.54) is 6.92 Å². The van der Waals surface area contributed by atoms with Crippen LogP contribution >= 0.6 is 0 Å². The van der Waals surface area contributed by atoms with E-state index in [0.717, 1.165) is 7.15 Å². The maximum absolute atomic E-state index is 11.3. The molecule has 1 saturated heterocycles. The third kappa shape index (κ3) is 3.48. The molecule has 0 amide bonds. The second-order valence-corrected chi connectivity index (χ2v) is 3.70. The minimum atomic E-state index is -0.209.